The molecule has 0 aromatic heterocycles. The highest BCUT2D eigenvalue weighted by Gasteiger charge is 2.10. The summed E-state index contributed by atoms with van der Waals surface area (Å²) in [5, 5.41) is 2.94. The standard InChI is InChI=1S/C18H21NO2/c1-2-3-13-19-18(20)17-12-8-7-9-15(17)14-21-16-10-5-4-6-11-16/h4-12H,2-3,13-14H2,1H3,(H,19,20). The van der Waals surface area contributed by atoms with E-state index in [0.717, 1.165) is 24.2 Å². The van der Waals surface area contributed by atoms with E-state index < -0.39 is 0 Å². The quantitative estimate of drug-likeness (QED) is 0.785. The molecule has 0 fully saturated rings. The molecule has 2 aromatic rings. The summed E-state index contributed by atoms with van der Waals surface area (Å²) >= 11 is 0. The van der Waals surface area contributed by atoms with E-state index in [0.29, 0.717) is 18.7 Å². The SMILES string of the molecule is CCCCNC(=O)c1ccccc1COc1ccccc1. The summed E-state index contributed by atoms with van der Waals surface area (Å²) < 4.78 is 5.73. The molecule has 3 heteroatoms. The van der Waals surface area contributed by atoms with Crippen LogP contribution in [-0.2, 0) is 6.61 Å². The van der Waals surface area contributed by atoms with Gasteiger partial charge in [0.15, 0.2) is 0 Å². The third-order valence-electron chi connectivity index (χ3n) is 3.22. The van der Waals surface area contributed by atoms with Crippen molar-refractivity contribution < 1.29 is 9.53 Å². The number of unbranched alkanes of at least 4 members (excludes halogenated alkanes) is 1. The molecule has 3 nitrogen and oxygen atoms in total. The van der Waals surface area contributed by atoms with Gasteiger partial charge in [-0.15, -0.1) is 0 Å². The van der Waals surface area contributed by atoms with Gasteiger partial charge in [0.1, 0.15) is 12.4 Å². The molecular formula is C18H21NO2. The molecule has 110 valence electrons. The van der Waals surface area contributed by atoms with Crippen LogP contribution in [0, 0.1) is 0 Å². The zero-order valence-corrected chi connectivity index (χ0v) is 12.3. The number of hydrogen-bond acceptors (Lipinski definition) is 2. The van der Waals surface area contributed by atoms with Crippen molar-refractivity contribution in [2.45, 2.75) is 26.4 Å². The Bertz CT molecular complexity index is 566. The molecule has 1 N–H and O–H groups in total. The minimum atomic E-state index is -0.0317. The highest BCUT2D eigenvalue weighted by Crippen LogP contribution is 2.14. The average molecular weight is 283 g/mol. The fourth-order valence-corrected chi connectivity index (χ4v) is 2.02. The lowest BCUT2D eigenvalue weighted by molar-refractivity contribution is 0.0950. The van der Waals surface area contributed by atoms with E-state index in [9.17, 15) is 4.79 Å². The number of carbonyl (C=O) groups excluding carboxylic acids is 1. The second-order valence-corrected chi connectivity index (χ2v) is 4.87. The van der Waals surface area contributed by atoms with Gasteiger partial charge in [0.2, 0.25) is 0 Å². The molecule has 0 aliphatic rings. The highest BCUT2D eigenvalue weighted by atomic mass is 16.5. The van der Waals surface area contributed by atoms with Crippen molar-refractivity contribution in [2.75, 3.05) is 6.54 Å². The second kappa shape index (κ2) is 8.10. The van der Waals surface area contributed by atoms with E-state index in [1.54, 1.807) is 0 Å². The summed E-state index contributed by atoms with van der Waals surface area (Å²) in [4.78, 5) is 12.2. The van der Waals surface area contributed by atoms with E-state index in [2.05, 4.69) is 12.2 Å². The van der Waals surface area contributed by atoms with Gasteiger partial charge in [-0.2, -0.15) is 0 Å². The van der Waals surface area contributed by atoms with Crippen LogP contribution in [-0.4, -0.2) is 12.5 Å². The molecule has 0 heterocycles. The highest BCUT2D eigenvalue weighted by molar-refractivity contribution is 5.95. The van der Waals surface area contributed by atoms with Crippen LogP contribution in [0.5, 0.6) is 5.75 Å². The van der Waals surface area contributed by atoms with E-state index in [4.69, 9.17) is 4.74 Å². The minimum Gasteiger partial charge on any atom is -0.489 e. The Morgan fingerprint density at radius 2 is 1.76 bits per heavy atom. The first-order valence-electron chi connectivity index (χ1n) is 7.35. The van der Waals surface area contributed by atoms with Crippen molar-refractivity contribution in [1.82, 2.24) is 5.32 Å². The van der Waals surface area contributed by atoms with Gasteiger partial charge in [-0.25, -0.2) is 0 Å². The van der Waals surface area contributed by atoms with E-state index in [1.165, 1.54) is 0 Å². The van der Waals surface area contributed by atoms with Crippen LogP contribution in [0.4, 0.5) is 0 Å². The Labute approximate surface area is 126 Å². The van der Waals surface area contributed by atoms with Crippen molar-refractivity contribution in [3.8, 4) is 5.75 Å². The zero-order valence-electron chi connectivity index (χ0n) is 12.3. The normalized spacial score (nSPS) is 10.1. The molecule has 2 aromatic carbocycles. The van der Waals surface area contributed by atoms with Crippen molar-refractivity contribution in [3.63, 3.8) is 0 Å². The Morgan fingerprint density at radius 1 is 1.05 bits per heavy atom. The molecule has 0 aliphatic heterocycles. The zero-order chi connectivity index (χ0) is 14.9. The van der Waals surface area contributed by atoms with Crippen molar-refractivity contribution in [3.05, 3.63) is 65.7 Å². The van der Waals surface area contributed by atoms with Crippen LogP contribution in [0.2, 0.25) is 0 Å². The first-order chi connectivity index (χ1) is 10.3. The van der Waals surface area contributed by atoms with Crippen molar-refractivity contribution in [2.24, 2.45) is 0 Å². The van der Waals surface area contributed by atoms with Gasteiger partial charge in [0.05, 0.1) is 0 Å². The van der Waals surface area contributed by atoms with Gasteiger partial charge in [-0.1, -0.05) is 49.7 Å². The second-order valence-electron chi connectivity index (χ2n) is 4.87. The van der Waals surface area contributed by atoms with Gasteiger partial charge in [-0.05, 0) is 24.6 Å². The fraction of sp³-hybridized carbons (Fsp3) is 0.278. The molecule has 2 rings (SSSR count). The minimum absolute atomic E-state index is 0.0317. The topological polar surface area (TPSA) is 38.3 Å². The summed E-state index contributed by atoms with van der Waals surface area (Å²) in [7, 11) is 0. The molecule has 0 radical (unpaired) electrons. The molecule has 0 saturated heterocycles. The first kappa shape index (κ1) is 15.1. The van der Waals surface area contributed by atoms with E-state index in [-0.39, 0.29) is 5.91 Å². The largest absolute Gasteiger partial charge is 0.489 e. The van der Waals surface area contributed by atoms with Crippen molar-refractivity contribution >= 4 is 5.91 Å². The lowest BCUT2D eigenvalue weighted by Crippen LogP contribution is -2.25. The number of nitrogens with one attached hydrogen (secondary N) is 1. The number of carbonyl (C=O) groups is 1. The van der Waals surface area contributed by atoms with Gasteiger partial charge in [0, 0.05) is 17.7 Å². The predicted molar refractivity (Wildman–Crippen MR) is 84.5 cm³/mol. The Balaban J connectivity index is 2.01. The molecule has 21 heavy (non-hydrogen) atoms. The maximum Gasteiger partial charge on any atom is 0.251 e. The molecule has 1 amide bonds. The van der Waals surface area contributed by atoms with Crippen LogP contribution in [0.3, 0.4) is 0 Å². The Kier molecular flexibility index (Phi) is 5.83. The first-order valence-corrected chi connectivity index (χ1v) is 7.35. The van der Waals surface area contributed by atoms with Crippen LogP contribution in [0.1, 0.15) is 35.7 Å². The summed E-state index contributed by atoms with van der Waals surface area (Å²) in [6, 6.07) is 17.2. The molecule has 0 unspecified atom stereocenters. The summed E-state index contributed by atoms with van der Waals surface area (Å²) in [6.07, 6.45) is 2.06. The average Bonchev–Trinajstić information content (AvgIpc) is 2.54. The molecule has 0 atom stereocenters. The Hall–Kier alpha value is -2.29. The summed E-state index contributed by atoms with van der Waals surface area (Å²) in [5.74, 6) is 0.773. The van der Waals surface area contributed by atoms with Crippen LogP contribution in [0.15, 0.2) is 54.6 Å². The molecule has 0 saturated carbocycles. The van der Waals surface area contributed by atoms with E-state index in [1.807, 2.05) is 54.6 Å². The summed E-state index contributed by atoms with van der Waals surface area (Å²) in [6.45, 7) is 3.21. The van der Waals surface area contributed by atoms with Gasteiger partial charge < -0.3 is 10.1 Å². The number of para-hydroxylation sites is 1. The van der Waals surface area contributed by atoms with E-state index >= 15 is 0 Å². The van der Waals surface area contributed by atoms with Gasteiger partial charge >= 0.3 is 0 Å². The van der Waals surface area contributed by atoms with Crippen LogP contribution in [0.25, 0.3) is 0 Å². The lowest BCUT2D eigenvalue weighted by atomic mass is 10.1. The molecule has 0 aliphatic carbocycles. The molecular weight excluding hydrogens is 262 g/mol. The third kappa shape index (κ3) is 4.63. The van der Waals surface area contributed by atoms with Crippen LogP contribution >= 0.6 is 0 Å². The Morgan fingerprint density at radius 3 is 2.52 bits per heavy atom. The van der Waals surface area contributed by atoms with Gasteiger partial charge in [0.25, 0.3) is 5.91 Å². The number of ether oxygens (including phenoxy) is 1. The smallest absolute Gasteiger partial charge is 0.251 e. The number of benzene rings is 2. The number of hydrogen-bond donors (Lipinski definition) is 1. The van der Waals surface area contributed by atoms with Crippen molar-refractivity contribution in [1.29, 1.82) is 0 Å². The maximum atomic E-state index is 12.2. The fourth-order valence-electron chi connectivity index (χ4n) is 2.02. The van der Waals surface area contributed by atoms with Crippen LogP contribution < -0.4 is 10.1 Å². The number of amides is 1. The monoisotopic (exact) mass is 283 g/mol. The third-order valence-corrected chi connectivity index (χ3v) is 3.22. The predicted octanol–water partition coefficient (Wildman–Crippen LogP) is 3.80. The lowest BCUT2D eigenvalue weighted by Gasteiger charge is -2.11. The molecule has 0 spiro atoms. The van der Waals surface area contributed by atoms with Gasteiger partial charge in [-0.3, -0.25) is 4.79 Å². The summed E-state index contributed by atoms with van der Waals surface area (Å²) in [5.41, 5.74) is 1.58. The maximum absolute atomic E-state index is 12.2. The number of rotatable bonds is 7. The molecule has 0 bridgehead atoms.